The fourth-order valence-corrected chi connectivity index (χ4v) is 5.77. The molecule has 0 saturated carbocycles. The number of likely N-dealkylation sites (tertiary alicyclic amines) is 1. The molecule has 11 nitrogen and oxygen atoms in total. The number of pyridine rings is 1. The predicted molar refractivity (Wildman–Crippen MR) is 156 cm³/mol. The number of alkyl halides is 3. The van der Waals surface area contributed by atoms with Crippen molar-refractivity contribution in [2.24, 2.45) is 21.7 Å². The van der Waals surface area contributed by atoms with E-state index in [-0.39, 0.29) is 33.9 Å². The first-order valence-electron chi connectivity index (χ1n) is 14.4. The lowest BCUT2D eigenvalue weighted by Crippen LogP contribution is -2.53. The zero-order valence-electron chi connectivity index (χ0n) is 23.8. The maximum absolute atomic E-state index is 13.1. The van der Waals surface area contributed by atoms with Crippen molar-refractivity contribution in [1.82, 2.24) is 15.2 Å². The van der Waals surface area contributed by atoms with E-state index in [0.29, 0.717) is 42.6 Å². The van der Waals surface area contributed by atoms with E-state index in [1.54, 1.807) is 42.9 Å². The zero-order valence-corrected chi connectivity index (χ0v) is 23.8. The monoisotopic (exact) mass is 609 g/mol. The summed E-state index contributed by atoms with van der Waals surface area (Å²) in [6.45, 7) is 2.42. The van der Waals surface area contributed by atoms with Gasteiger partial charge in [0.15, 0.2) is 0 Å². The maximum atomic E-state index is 13.1. The van der Waals surface area contributed by atoms with Crippen LogP contribution in [0, 0.1) is 5.92 Å². The molecule has 2 unspecified atom stereocenters. The highest BCUT2D eigenvalue weighted by molar-refractivity contribution is 6.05. The van der Waals surface area contributed by atoms with Crippen LogP contribution in [0.3, 0.4) is 0 Å². The van der Waals surface area contributed by atoms with Gasteiger partial charge in [0.05, 0.1) is 35.6 Å². The number of hydrogen-bond donors (Lipinski definition) is 3. The molecule has 2 aromatic rings. The Morgan fingerprint density at radius 1 is 1.14 bits per heavy atom. The highest BCUT2D eigenvalue weighted by Gasteiger charge is 2.46. The van der Waals surface area contributed by atoms with Gasteiger partial charge in [0, 0.05) is 38.0 Å². The summed E-state index contributed by atoms with van der Waals surface area (Å²) >= 11 is 0. The molecule has 2 fully saturated rings. The smallest absolute Gasteiger partial charge is 0.376 e. The number of halogens is 3. The molecule has 4 aliphatic heterocycles. The first-order chi connectivity index (χ1) is 21.1. The van der Waals surface area contributed by atoms with Crippen LogP contribution in [-0.4, -0.2) is 70.7 Å². The van der Waals surface area contributed by atoms with E-state index in [1.165, 1.54) is 0 Å². The number of aromatic nitrogens is 1. The summed E-state index contributed by atoms with van der Waals surface area (Å²) < 4.78 is 44.5. The normalized spacial score (nSPS) is 24.7. The van der Waals surface area contributed by atoms with Crippen LogP contribution < -0.4 is 16.5 Å². The Balaban J connectivity index is 1.18. The third kappa shape index (κ3) is 6.00. The molecule has 2 amide bonds. The molecule has 6 rings (SSSR count). The van der Waals surface area contributed by atoms with E-state index in [1.807, 2.05) is 0 Å². The van der Waals surface area contributed by atoms with Crippen LogP contribution in [-0.2, 0) is 15.7 Å². The number of piperidine rings is 1. The Labute approximate surface area is 251 Å². The Morgan fingerprint density at radius 2 is 1.95 bits per heavy atom. The first-order valence-corrected chi connectivity index (χ1v) is 14.4. The molecule has 4 aliphatic rings. The van der Waals surface area contributed by atoms with Gasteiger partial charge in [0.1, 0.15) is 12.0 Å². The fraction of sp³-hybridized carbons (Fsp3) is 0.367. The molecule has 1 aromatic carbocycles. The zero-order chi connectivity index (χ0) is 30.9. The number of aliphatic imine (C=N–C) groups is 2. The number of benzene rings is 1. The first kappa shape index (κ1) is 29.7. The van der Waals surface area contributed by atoms with Crippen molar-refractivity contribution in [1.29, 1.82) is 0 Å². The van der Waals surface area contributed by atoms with Gasteiger partial charge in [0.2, 0.25) is 17.4 Å². The largest absolute Gasteiger partial charge is 0.416 e. The molecular formula is C30H32F3N8O3+. The highest BCUT2D eigenvalue weighted by atomic mass is 19.4. The number of allylic oxidation sites excluding steroid dienone is 1. The fourth-order valence-electron chi connectivity index (χ4n) is 5.77. The van der Waals surface area contributed by atoms with Gasteiger partial charge in [-0.3, -0.25) is 14.6 Å². The summed E-state index contributed by atoms with van der Waals surface area (Å²) in [6.07, 6.45) is 5.00. The summed E-state index contributed by atoms with van der Waals surface area (Å²) in [5.74, 6) is 6.95. The summed E-state index contributed by atoms with van der Waals surface area (Å²) in [5.41, 5.74) is 0.593. The molecular weight excluding hydrogens is 577 g/mol. The van der Waals surface area contributed by atoms with Crippen LogP contribution in [0.1, 0.15) is 47.2 Å². The van der Waals surface area contributed by atoms with Gasteiger partial charge in [-0.1, -0.05) is 0 Å². The second-order valence-corrected chi connectivity index (χ2v) is 11.1. The molecule has 4 N–H and O–H groups in total. The van der Waals surface area contributed by atoms with Crippen LogP contribution >= 0.6 is 0 Å². The summed E-state index contributed by atoms with van der Waals surface area (Å²) in [4.78, 5) is 40.9. The predicted octanol–water partition coefficient (Wildman–Crippen LogP) is 3.54. The number of rotatable bonds is 7. The number of quaternary nitrogens is 1. The minimum absolute atomic E-state index is 0.00194. The third-order valence-corrected chi connectivity index (χ3v) is 8.13. The number of hydrogen-bond acceptors (Lipinski definition) is 8. The molecule has 0 spiro atoms. The number of ether oxygens (including phenoxy) is 1. The molecule has 2 saturated heterocycles. The van der Waals surface area contributed by atoms with Gasteiger partial charge in [-0.15, -0.1) is 4.59 Å². The van der Waals surface area contributed by atoms with Gasteiger partial charge in [-0.2, -0.15) is 24.0 Å². The van der Waals surface area contributed by atoms with Crippen molar-refractivity contribution in [3.05, 3.63) is 83.2 Å². The number of nitrogens with two attached hydrogens (primary N) is 1. The Bertz CT molecular complexity index is 1560. The summed E-state index contributed by atoms with van der Waals surface area (Å²) in [7, 11) is 0. The molecule has 14 heteroatoms. The number of anilines is 1. The lowest BCUT2D eigenvalue weighted by atomic mass is 9.97. The van der Waals surface area contributed by atoms with Gasteiger partial charge in [0.25, 0.3) is 11.7 Å². The lowest BCUT2D eigenvalue weighted by molar-refractivity contribution is -0.750. The van der Waals surface area contributed by atoms with E-state index in [0.717, 1.165) is 50.6 Å². The van der Waals surface area contributed by atoms with E-state index in [4.69, 9.17) is 15.6 Å². The van der Waals surface area contributed by atoms with Crippen LogP contribution in [0.25, 0.3) is 0 Å². The topological polar surface area (TPSA) is 134 Å². The molecule has 5 heterocycles. The second kappa shape index (κ2) is 11.9. The van der Waals surface area contributed by atoms with Crippen molar-refractivity contribution >= 4 is 29.7 Å². The number of carbonyl (C=O) groups is 2. The molecule has 1 aromatic heterocycles. The summed E-state index contributed by atoms with van der Waals surface area (Å²) in [5, 5.41) is 5.46. The van der Waals surface area contributed by atoms with Gasteiger partial charge in [-0.05, 0) is 62.1 Å². The number of fused-ring (bicyclic) bond motifs is 1. The quantitative estimate of drug-likeness (QED) is 0.325. The van der Waals surface area contributed by atoms with E-state index in [9.17, 15) is 22.8 Å². The minimum Gasteiger partial charge on any atom is -0.376 e. The van der Waals surface area contributed by atoms with Crippen molar-refractivity contribution in [3.8, 4) is 0 Å². The van der Waals surface area contributed by atoms with Gasteiger partial charge >= 0.3 is 6.18 Å². The summed E-state index contributed by atoms with van der Waals surface area (Å²) in [6, 6.07) is 8.05. The van der Waals surface area contributed by atoms with E-state index < -0.39 is 17.6 Å². The standard InChI is InChI=1S/C30H31F3N8O3/c31-30(32,33)22-9-10-36-25(15-22)38-29(43)20-7-5-19(6-8-20)27-39-26(24-17-35-11-13-41(24,27)34)40-12-1-3-21(18-40)28(42)37-16-23-4-2-14-44-23/h5-11,13,15,17,21,23H,1-4,12,14,16,18,34H2,(H-,36,37,38,42,43)/p+1/t21?,23-,41?/m0/s1. The van der Waals surface area contributed by atoms with Gasteiger partial charge in [-0.25, -0.2) is 4.98 Å². The molecule has 0 aliphatic carbocycles. The van der Waals surface area contributed by atoms with Crippen LogP contribution in [0.5, 0.6) is 0 Å². The van der Waals surface area contributed by atoms with Crippen LogP contribution in [0.4, 0.5) is 19.0 Å². The SMILES string of the molecule is N[N+]12C=CN=CC1=C(N1CCCC(C(=O)NC[C@@H]3CCCO3)C1)N=C2c1ccc(C(=O)Nc2cc(C(F)(F)F)ccn2)cc1. The number of amidine groups is 1. The molecule has 0 bridgehead atoms. The van der Waals surface area contributed by atoms with Crippen molar-refractivity contribution in [2.75, 3.05) is 31.6 Å². The van der Waals surface area contributed by atoms with Crippen LogP contribution in [0.15, 0.2) is 76.5 Å². The average molecular weight is 610 g/mol. The van der Waals surface area contributed by atoms with E-state index >= 15 is 0 Å². The highest BCUT2D eigenvalue weighted by Crippen LogP contribution is 2.35. The minimum atomic E-state index is -4.56. The van der Waals surface area contributed by atoms with Crippen molar-refractivity contribution < 1.29 is 32.1 Å². The maximum Gasteiger partial charge on any atom is 0.416 e. The Hall–Kier alpha value is -4.40. The number of carbonyl (C=O) groups excluding carboxylic acids is 2. The molecule has 0 radical (unpaired) electrons. The molecule has 44 heavy (non-hydrogen) atoms. The van der Waals surface area contributed by atoms with Crippen LogP contribution in [0.2, 0.25) is 0 Å². The van der Waals surface area contributed by atoms with Crippen molar-refractivity contribution in [2.45, 2.75) is 38.0 Å². The molecule has 3 atom stereocenters. The number of amides is 2. The second-order valence-electron chi connectivity index (χ2n) is 11.1. The van der Waals surface area contributed by atoms with E-state index in [2.05, 4.69) is 25.5 Å². The van der Waals surface area contributed by atoms with Crippen molar-refractivity contribution in [3.63, 3.8) is 0 Å². The molecule has 230 valence electrons. The third-order valence-electron chi connectivity index (χ3n) is 8.13. The number of nitrogens with zero attached hydrogens (tertiary/aromatic N) is 5. The Morgan fingerprint density at radius 3 is 2.70 bits per heavy atom. The number of nitrogens with one attached hydrogen (secondary N) is 2. The lowest BCUT2D eigenvalue weighted by Gasteiger charge is -2.33. The average Bonchev–Trinajstić information content (AvgIpc) is 3.65. The van der Waals surface area contributed by atoms with Gasteiger partial charge < -0.3 is 20.3 Å². The Kier molecular flexibility index (Phi) is 8.05.